The maximum atomic E-state index is 12.8. The highest BCUT2D eigenvalue weighted by atomic mass is 16.2. The Bertz CT molecular complexity index is 973. The standard InChI is InChI=1S/C23H21N3O2/c27-22(24-18-11-5-2-6-12-18)15-21-19-13-7-8-14-20(19)25-23(28)26(21)16-17-9-3-1-4-10-17/h1-14,21H,15-16H2,(H,24,27)(H,25,28). The number of carbonyl (C=O) groups is 2. The molecular weight excluding hydrogens is 350 g/mol. The van der Waals surface area contributed by atoms with E-state index in [2.05, 4.69) is 10.6 Å². The number of urea groups is 1. The molecule has 1 aliphatic heterocycles. The van der Waals surface area contributed by atoms with Crippen LogP contribution in [0.3, 0.4) is 0 Å². The molecule has 1 heterocycles. The minimum Gasteiger partial charge on any atom is -0.326 e. The third kappa shape index (κ3) is 3.88. The van der Waals surface area contributed by atoms with Crippen LogP contribution in [0, 0.1) is 0 Å². The minimum atomic E-state index is -0.339. The summed E-state index contributed by atoms with van der Waals surface area (Å²) in [6.45, 7) is 0.435. The zero-order valence-electron chi connectivity index (χ0n) is 15.3. The van der Waals surface area contributed by atoms with Crippen molar-refractivity contribution in [1.29, 1.82) is 0 Å². The molecule has 5 heteroatoms. The van der Waals surface area contributed by atoms with Crippen molar-refractivity contribution in [2.45, 2.75) is 19.0 Å². The lowest BCUT2D eigenvalue weighted by atomic mass is 9.97. The number of amides is 3. The maximum Gasteiger partial charge on any atom is 0.322 e. The summed E-state index contributed by atoms with van der Waals surface area (Å²) in [6, 6.07) is 26.3. The molecular formula is C23H21N3O2. The van der Waals surface area contributed by atoms with Gasteiger partial charge >= 0.3 is 6.03 Å². The van der Waals surface area contributed by atoms with E-state index in [4.69, 9.17) is 0 Å². The van der Waals surface area contributed by atoms with Crippen LogP contribution < -0.4 is 10.6 Å². The summed E-state index contributed by atoms with van der Waals surface area (Å²) in [4.78, 5) is 27.2. The number of hydrogen-bond donors (Lipinski definition) is 2. The highest BCUT2D eigenvalue weighted by Gasteiger charge is 2.33. The van der Waals surface area contributed by atoms with E-state index < -0.39 is 0 Å². The van der Waals surface area contributed by atoms with Crippen LogP contribution in [0.1, 0.15) is 23.6 Å². The highest BCUT2D eigenvalue weighted by Crippen LogP contribution is 2.36. The lowest BCUT2D eigenvalue weighted by Gasteiger charge is -2.37. The fourth-order valence-corrected chi connectivity index (χ4v) is 3.49. The largest absolute Gasteiger partial charge is 0.326 e. The molecule has 0 aromatic heterocycles. The smallest absolute Gasteiger partial charge is 0.322 e. The van der Waals surface area contributed by atoms with Crippen molar-refractivity contribution in [3.8, 4) is 0 Å². The average Bonchev–Trinajstić information content (AvgIpc) is 2.72. The van der Waals surface area contributed by atoms with E-state index in [1.54, 1.807) is 4.90 Å². The van der Waals surface area contributed by atoms with Crippen LogP contribution in [0.4, 0.5) is 16.2 Å². The molecule has 3 aromatic rings. The van der Waals surface area contributed by atoms with Gasteiger partial charge in [0.05, 0.1) is 12.5 Å². The Labute approximate surface area is 164 Å². The number of rotatable bonds is 5. The molecule has 1 unspecified atom stereocenters. The predicted octanol–water partition coefficient (Wildman–Crippen LogP) is 4.80. The molecule has 3 aromatic carbocycles. The maximum absolute atomic E-state index is 12.8. The van der Waals surface area contributed by atoms with Gasteiger partial charge in [0.1, 0.15) is 0 Å². The Morgan fingerprint density at radius 2 is 1.54 bits per heavy atom. The van der Waals surface area contributed by atoms with Gasteiger partial charge < -0.3 is 15.5 Å². The van der Waals surface area contributed by atoms with Gasteiger partial charge in [0.25, 0.3) is 0 Å². The predicted molar refractivity (Wildman–Crippen MR) is 110 cm³/mol. The van der Waals surface area contributed by atoms with Gasteiger partial charge in [-0.2, -0.15) is 0 Å². The Kier molecular flexibility index (Phi) is 5.06. The molecule has 0 bridgehead atoms. The first-order valence-corrected chi connectivity index (χ1v) is 9.26. The number of nitrogens with one attached hydrogen (secondary N) is 2. The van der Waals surface area contributed by atoms with Crippen molar-refractivity contribution in [2.75, 3.05) is 10.6 Å². The number of fused-ring (bicyclic) bond motifs is 1. The number of para-hydroxylation sites is 2. The van der Waals surface area contributed by atoms with Gasteiger partial charge in [-0.1, -0.05) is 66.7 Å². The number of carbonyl (C=O) groups excluding carboxylic acids is 2. The molecule has 0 aliphatic carbocycles. The van der Waals surface area contributed by atoms with Crippen LogP contribution in [-0.4, -0.2) is 16.8 Å². The molecule has 0 saturated carbocycles. The van der Waals surface area contributed by atoms with Gasteiger partial charge in [0, 0.05) is 17.9 Å². The van der Waals surface area contributed by atoms with Crippen molar-refractivity contribution >= 4 is 23.3 Å². The summed E-state index contributed by atoms with van der Waals surface area (Å²) < 4.78 is 0. The van der Waals surface area contributed by atoms with Crippen LogP contribution >= 0.6 is 0 Å². The molecule has 5 nitrogen and oxygen atoms in total. The van der Waals surface area contributed by atoms with Crippen LogP contribution in [0.25, 0.3) is 0 Å². The average molecular weight is 371 g/mol. The fourth-order valence-electron chi connectivity index (χ4n) is 3.49. The molecule has 28 heavy (non-hydrogen) atoms. The number of hydrogen-bond acceptors (Lipinski definition) is 2. The number of benzene rings is 3. The SMILES string of the molecule is O=C(CC1c2ccccc2NC(=O)N1Cc1ccccc1)Nc1ccccc1. The molecule has 4 rings (SSSR count). The molecule has 1 aliphatic rings. The summed E-state index contributed by atoms with van der Waals surface area (Å²) in [5.41, 5.74) is 3.47. The van der Waals surface area contributed by atoms with E-state index in [1.165, 1.54) is 0 Å². The van der Waals surface area contributed by atoms with Crippen molar-refractivity contribution < 1.29 is 9.59 Å². The van der Waals surface area contributed by atoms with Crippen LogP contribution in [0.5, 0.6) is 0 Å². The second-order valence-corrected chi connectivity index (χ2v) is 6.77. The van der Waals surface area contributed by atoms with Crippen LogP contribution in [0.2, 0.25) is 0 Å². The molecule has 0 spiro atoms. The zero-order valence-corrected chi connectivity index (χ0v) is 15.3. The fraction of sp³-hybridized carbons (Fsp3) is 0.130. The molecule has 1 atom stereocenters. The van der Waals surface area contributed by atoms with Crippen LogP contribution in [0.15, 0.2) is 84.9 Å². The normalized spacial score (nSPS) is 15.5. The van der Waals surface area contributed by atoms with Gasteiger partial charge in [-0.25, -0.2) is 4.79 Å². The minimum absolute atomic E-state index is 0.126. The molecule has 0 saturated heterocycles. The third-order valence-electron chi connectivity index (χ3n) is 4.83. The van der Waals surface area contributed by atoms with E-state index in [0.717, 1.165) is 22.5 Å². The highest BCUT2D eigenvalue weighted by molar-refractivity contribution is 5.96. The Morgan fingerprint density at radius 3 is 2.29 bits per heavy atom. The first-order valence-electron chi connectivity index (χ1n) is 9.26. The summed E-state index contributed by atoms with van der Waals surface area (Å²) in [5.74, 6) is -0.126. The third-order valence-corrected chi connectivity index (χ3v) is 4.83. The molecule has 3 amide bonds. The van der Waals surface area contributed by atoms with Gasteiger partial charge in [0.2, 0.25) is 5.91 Å². The second-order valence-electron chi connectivity index (χ2n) is 6.77. The summed E-state index contributed by atoms with van der Waals surface area (Å²) >= 11 is 0. The van der Waals surface area contributed by atoms with E-state index in [1.807, 2.05) is 84.9 Å². The quantitative estimate of drug-likeness (QED) is 0.676. The van der Waals surface area contributed by atoms with Crippen molar-refractivity contribution in [2.24, 2.45) is 0 Å². The van der Waals surface area contributed by atoms with Crippen molar-refractivity contribution in [3.05, 3.63) is 96.1 Å². The molecule has 0 fully saturated rings. The van der Waals surface area contributed by atoms with Crippen molar-refractivity contribution in [1.82, 2.24) is 4.90 Å². The van der Waals surface area contributed by atoms with Crippen molar-refractivity contribution in [3.63, 3.8) is 0 Å². The van der Waals surface area contributed by atoms with Crippen LogP contribution in [-0.2, 0) is 11.3 Å². The monoisotopic (exact) mass is 371 g/mol. The molecule has 0 radical (unpaired) electrons. The van der Waals surface area contributed by atoms with E-state index in [0.29, 0.717) is 6.54 Å². The van der Waals surface area contributed by atoms with Gasteiger partial charge in [0.15, 0.2) is 0 Å². The lowest BCUT2D eigenvalue weighted by Crippen LogP contribution is -2.43. The van der Waals surface area contributed by atoms with E-state index >= 15 is 0 Å². The van der Waals surface area contributed by atoms with Gasteiger partial charge in [-0.15, -0.1) is 0 Å². The lowest BCUT2D eigenvalue weighted by molar-refractivity contribution is -0.117. The molecule has 140 valence electrons. The first-order chi connectivity index (χ1) is 13.7. The Morgan fingerprint density at radius 1 is 0.893 bits per heavy atom. The summed E-state index contributed by atoms with van der Waals surface area (Å²) in [6.07, 6.45) is 0.187. The topological polar surface area (TPSA) is 61.4 Å². The molecule has 2 N–H and O–H groups in total. The Balaban J connectivity index is 1.61. The van der Waals surface area contributed by atoms with E-state index in [9.17, 15) is 9.59 Å². The number of anilines is 2. The zero-order chi connectivity index (χ0) is 19.3. The Hall–Kier alpha value is -3.60. The summed E-state index contributed by atoms with van der Waals surface area (Å²) in [7, 11) is 0. The van der Waals surface area contributed by atoms with Gasteiger partial charge in [-0.05, 0) is 29.3 Å². The second kappa shape index (κ2) is 7.96. The van der Waals surface area contributed by atoms with E-state index in [-0.39, 0.29) is 24.4 Å². The van der Waals surface area contributed by atoms with Gasteiger partial charge in [-0.3, -0.25) is 4.79 Å². The summed E-state index contributed by atoms with van der Waals surface area (Å²) in [5, 5.41) is 5.86. The first kappa shape index (κ1) is 17.8. The number of nitrogens with zero attached hydrogens (tertiary/aromatic N) is 1.